The molecule has 0 N–H and O–H groups in total. The molecule has 0 unspecified atom stereocenters. The smallest absolute Gasteiger partial charge is 0.421 e. The van der Waals surface area contributed by atoms with Crippen molar-refractivity contribution in [2.24, 2.45) is 0 Å². The number of aryl methyl sites for hydroxylation is 1. The van der Waals surface area contributed by atoms with Gasteiger partial charge in [-0.25, -0.2) is 9.78 Å². The molecule has 2 aromatic heterocycles. The van der Waals surface area contributed by atoms with E-state index in [-0.39, 0.29) is 5.76 Å². The van der Waals surface area contributed by atoms with Gasteiger partial charge in [0.25, 0.3) is 0 Å². The van der Waals surface area contributed by atoms with E-state index in [1.807, 2.05) is 30.3 Å². The predicted octanol–water partition coefficient (Wildman–Crippen LogP) is 2.85. The lowest BCUT2D eigenvalue weighted by Gasteiger charge is -2.05. The van der Waals surface area contributed by atoms with Crippen LogP contribution in [-0.2, 0) is 6.54 Å². The quantitative estimate of drug-likeness (QED) is 0.653. The summed E-state index contributed by atoms with van der Waals surface area (Å²) in [6, 6.07) is 13.2. The summed E-state index contributed by atoms with van der Waals surface area (Å²) < 4.78 is 12.3. The molecule has 21 heavy (non-hydrogen) atoms. The van der Waals surface area contributed by atoms with Crippen molar-refractivity contribution in [1.29, 1.82) is 0 Å². The summed E-state index contributed by atoms with van der Waals surface area (Å²) in [7, 11) is 0. The zero-order valence-electron chi connectivity index (χ0n) is 11.6. The minimum Gasteiger partial charge on any atom is -0.494 e. The van der Waals surface area contributed by atoms with Crippen LogP contribution >= 0.6 is 0 Å². The van der Waals surface area contributed by atoms with Crippen molar-refractivity contribution in [3.63, 3.8) is 0 Å². The van der Waals surface area contributed by atoms with Crippen molar-refractivity contribution in [3.8, 4) is 5.75 Å². The van der Waals surface area contributed by atoms with Gasteiger partial charge in [-0.3, -0.25) is 4.57 Å². The largest absolute Gasteiger partial charge is 0.494 e. The SMILES string of the molecule is O=c1oc2cccnc2n1CCCCOc1ccccc1. The molecule has 0 saturated heterocycles. The first-order valence-corrected chi connectivity index (χ1v) is 6.97. The summed E-state index contributed by atoms with van der Waals surface area (Å²) in [5.74, 6) is 0.512. The zero-order chi connectivity index (χ0) is 14.5. The maximum atomic E-state index is 11.7. The van der Waals surface area contributed by atoms with Gasteiger partial charge in [-0.15, -0.1) is 0 Å². The second kappa shape index (κ2) is 6.26. The van der Waals surface area contributed by atoms with Gasteiger partial charge in [-0.1, -0.05) is 18.2 Å². The van der Waals surface area contributed by atoms with Crippen LogP contribution in [0.2, 0.25) is 0 Å². The number of hydrogen-bond donors (Lipinski definition) is 0. The Morgan fingerprint density at radius 1 is 1.10 bits per heavy atom. The average molecular weight is 284 g/mol. The molecular formula is C16H16N2O3. The topological polar surface area (TPSA) is 57.3 Å². The van der Waals surface area contributed by atoms with E-state index in [2.05, 4.69) is 4.98 Å². The first-order valence-electron chi connectivity index (χ1n) is 6.97. The van der Waals surface area contributed by atoms with Crippen LogP contribution in [0.4, 0.5) is 0 Å². The van der Waals surface area contributed by atoms with Crippen LogP contribution in [0.5, 0.6) is 5.75 Å². The van der Waals surface area contributed by atoms with Crippen molar-refractivity contribution in [2.75, 3.05) is 6.61 Å². The maximum Gasteiger partial charge on any atom is 0.421 e. The standard InChI is InChI=1S/C16H16N2O3/c19-16-18(15-14(21-16)9-6-10-17-15)11-4-5-12-20-13-7-2-1-3-8-13/h1-3,6-10H,4-5,11-12H2. The third-order valence-corrected chi connectivity index (χ3v) is 3.21. The number of aromatic nitrogens is 2. The lowest BCUT2D eigenvalue weighted by Crippen LogP contribution is -2.15. The molecule has 0 radical (unpaired) electrons. The molecule has 2 heterocycles. The van der Waals surface area contributed by atoms with Crippen molar-refractivity contribution in [2.45, 2.75) is 19.4 Å². The van der Waals surface area contributed by atoms with Crippen LogP contribution in [0.3, 0.4) is 0 Å². The van der Waals surface area contributed by atoms with Gasteiger partial charge in [-0.2, -0.15) is 0 Å². The third-order valence-electron chi connectivity index (χ3n) is 3.21. The molecular weight excluding hydrogens is 268 g/mol. The van der Waals surface area contributed by atoms with E-state index >= 15 is 0 Å². The van der Waals surface area contributed by atoms with Crippen LogP contribution in [0.25, 0.3) is 11.2 Å². The molecule has 0 atom stereocenters. The first-order chi connectivity index (χ1) is 10.3. The summed E-state index contributed by atoms with van der Waals surface area (Å²) in [6.07, 6.45) is 3.35. The van der Waals surface area contributed by atoms with E-state index in [1.54, 1.807) is 22.9 Å². The molecule has 3 aromatic rings. The summed E-state index contributed by atoms with van der Waals surface area (Å²) in [5, 5.41) is 0. The van der Waals surface area contributed by atoms with E-state index in [1.165, 1.54) is 0 Å². The molecule has 0 amide bonds. The number of fused-ring (bicyclic) bond motifs is 1. The van der Waals surface area contributed by atoms with E-state index in [4.69, 9.17) is 9.15 Å². The number of nitrogens with zero attached hydrogens (tertiary/aromatic N) is 2. The van der Waals surface area contributed by atoms with Crippen molar-refractivity contribution in [1.82, 2.24) is 9.55 Å². The van der Waals surface area contributed by atoms with Gasteiger partial charge in [0.05, 0.1) is 6.61 Å². The van der Waals surface area contributed by atoms with Crippen molar-refractivity contribution < 1.29 is 9.15 Å². The fourth-order valence-electron chi connectivity index (χ4n) is 2.18. The molecule has 1 aromatic carbocycles. The van der Waals surface area contributed by atoms with Gasteiger partial charge in [-0.05, 0) is 37.1 Å². The number of unbranched alkanes of at least 4 members (excludes halogenated alkanes) is 1. The summed E-state index contributed by atoms with van der Waals surface area (Å²) >= 11 is 0. The third kappa shape index (κ3) is 3.13. The summed E-state index contributed by atoms with van der Waals surface area (Å²) in [5.41, 5.74) is 1.13. The number of benzene rings is 1. The number of hydrogen-bond acceptors (Lipinski definition) is 4. The lowest BCUT2D eigenvalue weighted by molar-refractivity contribution is 0.302. The van der Waals surface area contributed by atoms with Crippen molar-refractivity contribution >= 4 is 11.2 Å². The van der Waals surface area contributed by atoms with Gasteiger partial charge in [0, 0.05) is 12.7 Å². The second-order valence-corrected chi connectivity index (χ2v) is 4.71. The molecule has 3 rings (SSSR count). The van der Waals surface area contributed by atoms with Crippen LogP contribution in [0.15, 0.2) is 57.9 Å². The van der Waals surface area contributed by atoms with Gasteiger partial charge in [0.1, 0.15) is 5.75 Å². The molecule has 0 saturated carbocycles. The Morgan fingerprint density at radius 3 is 2.81 bits per heavy atom. The minimum absolute atomic E-state index is 0.354. The molecule has 0 bridgehead atoms. The number of ether oxygens (including phenoxy) is 1. The monoisotopic (exact) mass is 284 g/mol. The van der Waals surface area contributed by atoms with E-state index in [9.17, 15) is 4.79 Å². The highest BCUT2D eigenvalue weighted by molar-refractivity contribution is 5.67. The highest BCUT2D eigenvalue weighted by Crippen LogP contribution is 2.11. The average Bonchev–Trinajstić information content (AvgIpc) is 2.84. The van der Waals surface area contributed by atoms with E-state index in [0.29, 0.717) is 24.4 Å². The van der Waals surface area contributed by atoms with E-state index < -0.39 is 0 Å². The normalized spacial score (nSPS) is 10.9. The minimum atomic E-state index is -0.354. The molecule has 5 nitrogen and oxygen atoms in total. The number of para-hydroxylation sites is 1. The van der Waals surface area contributed by atoms with E-state index in [0.717, 1.165) is 18.6 Å². The Morgan fingerprint density at radius 2 is 1.95 bits per heavy atom. The first kappa shape index (κ1) is 13.4. The second-order valence-electron chi connectivity index (χ2n) is 4.71. The predicted molar refractivity (Wildman–Crippen MR) is 79.4 cm³/mol. The Hall–Kier alpha value is -2.56. The fraction of sp³-hybridized carbons (Fsp3) is 0.250. The summed E-state index contributed by atoms with van der Waals surface area (Å²) in [4.78, 5) is 15.9. The van der Waals surface area contributed by atoms with Crippen LogP contribution in [0, 0.1) is 0 Å². The fourth-order valence-corrected chi connectivity index (χ4v) is 2.18. The number of pyridine rings is 1. The van der Waals surface area contributed by atoms with Crippen molar-refractivity contribution in [3.05, 3.63) is 59.2 Å². The van der Waals surface area contributed by atoms with Crippen LogP contribution in [-0.4, -0.2) is 16.2 Å². The molecule has 0 aliphatic rings. The zero-order valence-corrected chi connectivity index (χ0v) is 11.6. The Labute approximate surface area is 121 Å². The molecule has 0 aliphatic heterocycles. The molecule has 0 aliphatic carbocycles. The highest BCUT2D eigenvalue weighted by atomic mass is 16.5. The van der Waals surface area contributed by atoms with Crippen LogP contribution in [0.1, 0.15) is 12.8 Å². The van der Waals surface area contributed by atoms with Gasteiger partial charge in [0.2, 0.25) is 0 Å². The Bertz CT molecular complexity index is 762. The number of oxazole rings is 1. The van der Waals surface area contributed by atoms with Crippen LogP contribution < -0.4 is 10.5 Å². The number of rotatable bonds is 6. The van der Waals surface area contributed by atoms with Gasteiger partial charge < -0.3 is 9.15 Å². The molecule has 0 spiro atoms. The van der Waals surface area contributed by atoms with Gasteiger partial charge in [0.15, 0.2) is 11.2 Å². The lowest BCUT2D eigenvalue weighted by atomic mass is 10.3. The molecule has 0 fully saturated rings. The van der Waals surface area contributed by atoms with Gasteiger partial charge >= 0.3 is 5.76 Å². The highest BCUT2D eigenvalue weighted by Gasteiger charge is 2.08. The Kier molecular flexibility index (Phi) is 4.00. The molecule has 108 valence electrons. The molecule has 5 heteroatoms. The summed E-state index contributed by atoms with van der Waals surface area (Å²) in [6.45, 7) is 1.21. The maximum absolute atomic E-state index is 11.7. The Balaban J connectivity index is 1.53.